The SMILES string of the molecule is O=C(NC1=N[C@@]2(c3ccccc3)CN(C(=O)O)C[C@H]2CS1)c1ccccc1. The van der Waals surface area contributed by atoms with Gasteiger partial charge in [0.15, 0.2) is 5.17 Å². The number of hydrogen-bond donors (Lipinski definition) is 2. The Labute approximate surface area is 161 Å². The number of carboxylic acid groups (broad SMARTS) is 1. The van der Waals surface area contributed by atoms with E-state index in [2.05, 4.69) is 5.32 Å². The molecular formula is C20H19N3O3S. The number of nitrogens with one attached hydrogen (secondary N) is 1. The summed E-state index contributed by atoms with van der Waals surface area (Å²) in [4.78, 5) is 30.4. The summed E-state index contributed by atoms with van der Waals surface area (Å²) in [6, 6.07) is 18.7. The van der Waals surface area contributed by atoms with Crippen molar-refractivity contribution in [2.24, 2.45) is 10.9 Å². The van der Waals surface area contributed by atoms with Gasteiger partial charge in [0.2, 0.25) is 0 Å². The Morgan fingerprint density at radius 1 is 1.11 bits per heavy atom. The smallest absolute Gasteiger partial charge is 0.407 e. The van der Waals surface area contributed by atoms with Gasteiger partial charge >= 0.3 is 6.09 Å². The van der Waals surface area contributed by atoms with Crippen molar-refractivity contribution in [2.75, 3.05) is 18.8 Å². The maximum absolute atomic E-state index is 12.5. The molecule has 2 aliphatic rings. The van der Waals surface area contributed by atoms with Gasteiger partial charge < -0.3 is 15.3 Å². The van der Waals surface area contributed by atoms with Crippen LogP contribution in [0.1, 0.15) is 15.9 Å². The number of nitrogens with zero attached hydrogens (tertiary/aromatic N) is 2. The number of amidine groups is 1. The molecule has 0 radical (unpaired) electrons. The van der Waals surface area contributed by atoms with Gasteiger partial charge in [-0.15, -0.1) is 0 Å². The molecule has 7 heteroatoms. The molecule has 0 unspecified atom stereocenters. The van der Waals surface area contributed by atoms with E-state index in [1.54, 1.807) is 12.1 Å². The summed E-state index contributed by atoms with van der Waals surface area (Å²) >= 11 is 1.47. The van der Waals surface area contributed by atoms with Crippen LogP contribution in [0.15, 0.2) is 65.7 Å². The minimum Gasteiger partial charge on any atom is -0.465 e. The van der Waals surface area contributed by atoms with Gasteiger partial charge in [0.25, 0.3) is 5.91 Å². The first-order valence-corrected chi connectivity index (χ1v) is 9.69. The average molecular weight is 381 g/mol. The van der Waals surface area contributed by atoms with E-state index in [-0.39, 0.29) is 11.8 Å². The topological polar surface area (TPSA) is 82.0 Å². The Bertz CT molecular complexity index is 888. The second kappa shape index (κ2) is 7.08. The summed E-state index contributed by atoms with van der Waals surface area (Å²) in [7, 11) is 0. The van der Waals surface area contributed by atoms with E-state index in [0.29, 0.717) is 29.6 Å². The summed E-state index contributed by atoms with van der Waals surface area (Å²) in [5, 5.41) is 12.9. The lowest BCUT2D eigenvalue weighted by Crippen LogP contribution is -2.42. The zero-order chi connectivity index (χ0) is 18.9. The fourth-order valence-electron chi connectivity index (χ4n) is 3.70. The first kappa shape index (κ1) is 17.6. The lowest BCUT2D eigenvalue weighted by Gasteiger charge is -2.35. The van der Waals surface area contributed by atoms with Gasteiger partial charge in [-0.3, -0.25) is 4.79 Å². The molecule has 4 rings (SSSR count). The van der Waals surface area contributed by atoms with E-state index in [1.165, 1.54) is 16.7 Å². The molecule has 0 bridgehead atoms. The van der Waals surface area contributed by atoms with Gasteiger partial charge in [-0.05, 0) is 17.7 Å². The van der Waals surface area contributed by atoms with E-state index in [4.69, 9.17) is 4.99 Å². The van der Waals surface area contributed by atoms with Gasteiger partial charge in [-0.1, -0.05) is 60.3 Å². The molecule has 2 N–H and O–H groups in total. The predicted octanol–water partition coefficient (Wildman–Crippen LogP) is 3.02. The molecule has 0 saturated carbocycles. The third kappa shape index (κ3) is 3.30. The molecule has 2 heterocycles. The number of fused-ring (bicyclic) bond motifs is 1. The normalized spacial score (nSPS) is 24.1. The number of aliphatic imine (C=N–C) groups is 1. The van der Waals surface area contributed by atoms with Gasteiger partial charge in [-0.25, -0.2) is 9.79 Å². The van der Waals surface area contributed by atoms with Crippen LogP contribution in [0.2, 0.25) is 0 Å². The standard InChI is InChI=1S/C20H19N3O3S/c24-17(14-7-3-1-4-8-14)21-18-22-20(15-9-5-2-6-10-15)13-23(19(25)26)11-16(20)12-27-18/h1-10,16H,11-13H2,(H,25,26)(H,21,22,24)/t16-,20+/m0/s1. The maximum Gasteiger partial charge on any atom is 0.407 e. The summed E-state index contributed by atoms with van der Waals surface area (Å²) in [5.41, 5.74) is 0.880. The van der Waals surface area contributed by atoms with Crippen molar-refractivity contribution < 1.29 is 14.7 Å². The van der Waals surface area contributed by atoms with Crippen LogP contribution in [0.5, 0.6) is 0 Å². The summed E-state index contributed by atoms with van der Waals surface area (Å²) < 4.78 is 0. The molecule has 1 saturated heterocycles. The van der Waals surface area contributed by atoms with Crippen LogP contribution >= 0.6 is 11.8 Å². The first-order valence-electron chi connectivity index (χ1n) is 8.71. The summed E-state index contributed by atoms with van der Waals surface area (Å²) in [6.07, 6.45) is -0.935. The fraction of sp³-hybridized carbons (Fsp3) is 0.250. The third-order valence-corrected chi connectivity index (χ3v) is 6.11. The van der Waals surface area contributed by atoms with E-state index in [9.17, 15) is 14.7 Å². The minimum absolute atomic E-state index is 0.0679. The summed E-state index contributed by atoms with van der Waals surface area (Å²) in [5.74, 6) is 0.557. The van der Waals surface area contributed by atoms with Crippen molar-refractivity contribution in [1.82, 2.24) is 10.2 Å². The van der Waals surface area contributed by atoms with Crippen molar-refractivity contribution in [3.63, 3.8) is 0 Å². The molecule has 6 nitrogen and oxygen atoms in total. The molecule has 138 valence electrons. The number of rotatable bonds is 2. The lowest BCUT2D eigenvalue weighted by atomic mass is 9.82. The van der Waals surface area contributed by atoms with Crippen LogP contribution in [0.3, 0.4) is 0 Å². The quantitative estimate of drug-likeness (QED) is 0.838. The van der Waals surface area contributed by atoms with Crippen molar-refractivity contribution in [2.45, 2.75) is 5.54 Å². The Hall–Kier alpha value is -2.80. The first-order chi connectivity index (χ1) is 13.1. The van der Waals surface area contributed by atoms with Crippen LogP contribution in [-0.2, 0) is 5.54 Å². The van der Waals surface area contributed by atoms with Gasteiger partial charge in [-0.2, -0.15) is 0 Å². The van der Waals surface area contributed by atoms with E-state index in [0.717, 1.165) is 5.56 Å². The molecule has 2 amide bonds. The molecule has 2 aromatic rings. The number of carbonyl (C=O) groups excluding carboxylic acids is 1. The van der Waals surface area contributed by atoms with Gasteiger partial charge in [0, 0.05) is 23.8 Å². The lowest BCUT2D eigenvalue weighted by molar-refractivity contribution is 0.0977. The number of likely N-dealkylation sites (tertiary alicyclic amines) is 1. The highest BCUT2D eigenvalue weighted by Gasteiger charge is 2.51. The second-order valence-corrected chi connectivity index (χ2v) is 7.71. The van der Waals surface area contributed by atoms with Crippen LogP contribution < -0.4 is 5.32 Å². The molecule has 2 atom stereocenters. The number of hydrogen-bond acceptors (Lipinski definition) is 4. The Balaban J connectivity index is 1.68. The number of thioether (sulfide) groups is 1. The molecule has 0 aliphatic carbocycles. The van der Waals surface area contributed by atoms with E-state index < -0.39 is 11.6 Å². The number of carbonyl (C=O) groups is 2. The van der Waals surface area contributed by atoms with Gasteiger partial charge in [0.05, 0.1) is 6.54 Å². The Morgan fingerprint density at radius 3 is 2.44 bits per heavy atom. The summed E-state index contributed by atoms with van der Waals surface area (Å²) in [6.45, 7) is 0.739. The van der Waals surface area contributed by atoms with Crippen molar-refractivity contribution in [3.8, 4) is 0 Å². The van der Waals surface area contributed by atoms with Crippen molar-refractivity contribution in [3.05, 3.63) is 71.8 Å². The van der Waals surface area contributed by atoms with E-state index in [1.807, 2.05) is 48.5 Å². The van der Waals surface area contributed by atoms with Crippen LogP contribution in [0, 0.1) is 5.92 Å². The Morgan fingerprint density at radius 2 is 1.78 bits per heavy atom. The molecular weight excluding hydrogens is 362 g/mol. The monoisotopic (exact) mass is 381 g/mol. The van der Waals surface area contributed by atoms with Crippen LogP contribution in [0.4, 0.5) is 4.79 Å². The zero-order valence-electron chi connectivity index (χ0n) is 14.5. The van der Waals surface area contributed by atoms with Crippen LogP contribution in [0.25, 0.3) is 0 Å². The van der Waals surface area contributed by atoms with Crippen molar-refractivity contribution in [1.29, 1.82) is 0 Å². The molecule has 1 fully saturated rings. The van der Waals surface area contributed by atoms with Gasteiger partial charge in [0.1, 0.15) is 5.54 Å². The Kier molecular flexibility index (Phi) is 4.61. The highest BCUT2D eigenvalue weighted by molar-refractivity contribution is 8.13. The van der Waals surface area contributed by atoms with E-state index >= 15 is 0 Å². The molecule has 0 spiro atoms. The molecule has 2 aliphatic heterocycles. The molecule has 27 heavy (non-hydrogen) atoms. The minimum atomic E-state index is -0.935. The highest BCUT2D eigenvalue weighted by Crippen LogP contribution is 2.45. The van der Waals surface area contributed by atoms with Crippen molar-refractivity contribution >= 4 is 28.9 Å². The number of amides is 2. The zero-order valence-corrected chi connectivity index (χ0v) is 15.4. The molecule has 0 aromatic heterocycles. The average Bonchev–Trinajstić information content (AvgIpc) is 3.10. The maximum atomic E-state index is 12.5. The van der Waals surface area contributed by atoms with Crippen LogP contribution in [-0.4, -0.2) is 46.0 Å². The number of benzene rings is 2. The molecule has 2 aromatic carbocycles. The fourth-order valence-corrected chi connectivity index (χ4v) is 4.83. The predicted molar refractivity (Wildman–Crippen MR) is 105 cm³/mol. The highest BCUT2D eigenvalue weighted by atomic mass is 32.2. The largest absolute Gasteiger partial charge is 0.465 e. The second-order valence-electron chi connectivity index (χ2n) is 6.70. The third-order valence-electron chi connectivity index (χ3n) is 5.07.